The summed E-state index contributed by atoms with van der Waals surface area (Å²) in [4.78, 5) is 152. The Hall–Kier alpha value is -7.46. The van der Waals surface area contributed by atoms with Gasteiger partial charge in [0.1, 0.15) is 66.5 Å². The van der Waals surface area contributed by atoms with Crippen molar-refractivity contribution in [2.75, 3.05) is 26.8 Å². The maximum absolute atomic E-state index is 14.2. The standard InChI is InChI=1S/C56H94N14O14/c1-13-28(5)40(67-48(76)37(59-12)25-35-21-18-17-19-22-35)51(79)64-38(26-71)49(77)61-33(10)46(74)66-42(30(7)15-3)53(81)68-41(29(6)14-2)52(80)65-39(27-72)50(78)70-44-34(11)84-55(83)43(31(8)16-4)69-47(75)36(23-20-24-60-56(57)58)63-45(73)32(9)62-54(44)82/h17-19,21-22,28-34,36-44,59,71-72H,13-16,20,23-27H2,1-12H3,(H,61,77)(H,62,82)(H,63,73)(H,64,79)(H,65,80)(H,66,74)(H,67,76)(H,68,81)(H,69,75)(H,70,78)(H4,57,58,60)/t28-,29-,30+,31-,32-,33+,34-,36-,37+,38-,39-,40-,41-,42+,43-,44+/m0/s1. The molecule has 84 heavy (non-hydrogen) atoms. The minimum Gasteiger partial charge on any atom is -0.458 e. The Balaban J connectivity index is 2.30. The van der Waals surface area contributed by atoms with Gasteiger partial charge in [0.2, 0.25) is 59.1 Å². The molecule has 0 spiro atoms. The van der Waals surface area contributed by atoms with Crippen LogP contribution in [0.5, 0.6) is 0 Å². The summed E-state index contributed by atoms with van der Waals surface area (Å²) in [6.07, 6.45) is 0.617. The van der Waals surface area contributed by atoms with Crippen molar-refractivity contribution in [1.29, 1.82) is 5.41 Å². The smallest absolute Gasteiger partial charge is 0.329 e. The minimum atomic E-state index is -1.79. The average Bonchev–Trinajstić information content (AvgIpc) is 3.73. The van der Waals surface area contributed by atoms with E-state index in [9.17, 15) is 63.0 Å². The number of nitrogens with two attached hydrogens (primary N) is 1. The molecule has 1 aromatic carbocycles. The molecule has 10 amide bonds. The zero-order chi connectivity index (χ0) is 63.5. The number of amides is 10. The molecular weight excluding hydrogens is 1090 g/mol. The van der Waals surface area contributed by atoms with Crippen molar-refractivity contribution in [3.05, 3.63) is 35.9 Å². The van der Waals surface area contributed by atoms with E-state index in [-0.39, 0.29) is 25.3 Å². The molecule has 17 N–H and O–H groups in total. The number of esters is 1. The van der Waals surface area contributed by atoms with Gasteiger partial charge >= 0.3 is 5.97 Å². The predicted octanol–water partition coefficient (Wildman–Crippen LogP) is -2.92. The fourth-order valence-corrected chi connectivity index (χ4v) is 8.71. The van der Waals surface area contributed by atoms with E-state index in [1.165, 1.54) is 20.8 Å². The Morgan fingerprint density at radius 1 is 0.619 bits per heavy atom. The third kappa shape index (κ3) is 22.6. The molecule has 1 aliphatic heterocycles. The number of rotatable bonds is 31. The zero-order valence-electron chi connectivity index (χ0n) is 50.6. The highest BCUT2D eigenvalue weighted by Gasteiger charge is 2.40. The number of cyclic esters (lactones) is 1. The Labute approximate surface area is 492 Å². The number of nitrogens with one attached hydrogen (secondary N) is 13. The number of benzene rings is 1. The molecule has 0 saturated carbocycles. The average molecular weight is 1190 g/mol. The second-order valence-corrected chi connectivity index (χ2v) is 21.6. The monoisotopic (exact) mass is 1190 g/mol. The van der Waals surface area contributed by atoms with Gasteiger partial charge in [-0.15, -0.1) is 0 Å². The number of carbonyl (C=O) groups is 11. The molecule has 0 bridgehead atoms. The van der Waals surface area contributed by atoms with Crippen LogP contribution in [-0.4, -0.2) is 181 Å². The molecule has 0 aromatic heterocycles. The second-order valence-electron chi connectivity index (χ2n) is 21.6. The fourth-order valence-electron chi connectivity index (χ4n) is 8.71. The number of likely N-dealkylation sites (N-methyl/N-ethyl adjacent to an activating group) is 1. The van der Waals surface area contributed by atoms with E-state index in [1.54, 1.807) is 55.5 Å². The van der Waals surface area contributed by atoms with Gasteiger partial charge in [0.15, 0.2) is 5.96 Å². The highest BCUT2D eigenvalue weighted by Crippen LogP contribution is 2.17. The number of aliphatic hydroxyl groups is 2. The Morgan fingerprint density at radius 2 is 1.11 bits per heavy atom. The SMILES string of the molecule is CC[C@@H](C)[C@@H](NC(=O)[C@@H](C)NC(=O)[C@H](CO)NC(=O)[C@@H](NC(=O)[C@@H](Cc1ccccc1)NC)[C@@H](C)CC)C(=O)N[C@H](C(=O)N[C@@H](CO)C(=O)N[C@H]1C(=O)N[C@@H](C)C(=O)N[C@@H](CCCNC(=N)N)C(=O)N[C@@H]([C@@H](C)CC)C(=O)O[C@H]1C)[C@@H](C)CC. The Kier molecular flexibility index (Phi) is 31.4. The molecule has 1 saturated heterocycles. The first-order chi connectivity index (χ1) is 39.6. The molecule has 28 nitrogen and oxygen atoms in total. The number of carbonyl (C=O) groups excluding carboxylic acids is 11. The minimum absolute atomic E-state index is 0.0405. The number of ether oxygens (including phenoxy) is 1. The summed E-state index contributed by atoms with van der Waals surface area (Å²) in [6, 6.07) is -5.53. The first-order valence-electron chi connectivity index (χ1n) is 28.9. The second kappa shape index (κ2) is 36.3. The van der Waals surface area contributed by atoms with Gasteiger partial charge in [-0.2, -0.15) is 0 Å². The molecule has 472 valence electrons. The summed E-state index contributed by atoms with van der Waals surface area (Å²) < 4.78 is 5.70. The normalized spacial score (nSPS) is 21.5. The van der Waals surface area contributed by atoms with E-state index in [4.69, 9.17) is 15.9 Å². The van der Waals surface area contributed by atoms with Crippen molar-refractivity contribution in [3.63, 3.8) is 0 Å². The molecular formula is C56H94N14O14. The van der Waals surface area contributed by atoms with Crippen molar-refractivity contribution in [2.45, 2.75) is 194 Å². The van der Waals surface area contributed by atoms with Crippen LogP contribution < -0.4 is 69.5 Å². The number of aliphatic hydroxyl groups excluding tert-OH is 2. The van der Waals surface area contributed by atoms with Crippen LogP contribution >= 0.6 is 0 Å². The third-order valence-corrected chi connectivity index (χ3v) is 15.2. The van der Waals surface area contributed by atoms with Gasteiger partial charge in [0.25, 0.3) is 0 Å². The Morgan fingerprint density at radius 3 is 1.60 bits per heavy atom. The van der Waals surface area contributed by atoms with E-state index in [0.29, 0.717) is 32.1 Å². The van der Waals surface area contributed by atoms with Crippen molar-refractivity contribution in [1.82, 2.24) is 63.8 Å². The third-order valence-electron chi connectivity index (χ3n) is 15.2. The lowest BCUT2D eigenvalue weighted by Crippen LogP contribution is -2.63. The van der Waals surface area contributed by atoms with Crippen LogP contribution in [0.2, 0.25) is 0 Å². The molecule has 0 aliphatic carbocycles. The quantitative estimate of drug-likeness (QED) is 0.0153. The maximum atomic E-state index is 14.2. The van der Waals surface area contributed by atoms with Crippen LogP contribution in [0, 0.1) is 29.1 Å². The van der Waals surface area contributed by atoms with Crippen molar-refractivity contribution in [3.8, 4) is 0 Å². The maximum Gasteiger partial charge on any atom is 0.329 e. The van der Waals surface area contributed by atoms with Crippen LogP contribution in [0.4, 0.5) is 0 Å². The van der Waals surface area contributed by atoms with Crippen molar-refractivity contribution in [2.24, 2.45) is 29.4 Å². The van der Waals surface area contributed by atoms with Crippen molar-refractivity contribution >= 4 is 71.0 Å². The van der Waals surface area contributed by atoms with Crippen LogP contribution in [0.25, 0.3) is 0 Å². The van der Waals surface area contributed by atoms with E-state index < -0.39 is 174 Å². The lowest BCUT2D eigenvalue weighted by atomic mass is 9.94. The molecule has 28 heteroatoms. The van der Waals surface area contributed by atoms with Crippen LogP contribution in [0.15, 0.2) is 30.3 Å². The topological polar surface area (TPSA) is 432 Å². The van der Waals surface area contributed by atoms with E-state index in [2.05, 4.69) is 63.8 Å². The van der Waals surface area contributed by atoms with Gasteiger partial charge < -0.3 is 84.5 Å². The van der Waals surface area contributed by atoms with Gasteiger partial charge in [-0.1, -0.05) is 111 Å². The van der Waals surface area contributed by atoms with Gasteiger partial charge in [0.05, 0.1) is 19.3 Å². The lowest BCUT2D eigenvalue weighted by molar-refractivity contribution is -0.157. The molecule has 16 atom stereocenters. The van der Waals surface area contributed by atoms with Crippen molar-refractivity contribution < 1.29 is 67.7 Å². The number of hydrogen-bond donors (Lipinski definition) is 16. The molecule has 0 unspecified atom stereocenters. The zero-order valence-corrected chi connectivity index (χ0v) is 50.6. The summed E-state index contributed by atoms with van der Waals surface area (Å²) in [6.45, 7) is 15.9. The predicted molar refractivity (Wildman–Crippen MR) is 310 cm³/mol. The van der Waals surface area contributed by atoms with Gasteiger partial charge in [-0.25, -0.2) is 4.79 Å². The molecule has 1 heterocycles. The largest absolute Gasteiger partial charge is 0.458 e. The first-order valence-corrected chi connectivity index (χ1v) is 28.9. The van der Waals surface area contributed by atoms with Crippen LogP contribution in [0.1, 0.15) is 120 Å². The molecule has 0 radical (unpaired) electrons. The summed E-state index contributed by atoms with van der Waals surface area (Å²) in [5.74, 6) is -11.9. The van der Waals surface area contributed by atoms with Crippen LogP contribution in [-0.2, 0) is 63.9 Å². The highest BCUT2D eigenvalue weighted by atomic mass is 16.5. The molecule has 1 aliphatic rings. The molecule has 1 aromatic rings. The highest BCUT2D eigenvalue weighted by molar-refractivity contribution is 5.99. The molecule has 1 fully saturated rings. The Bertz CT molecular complexity index is 2400. The first kappa shape index (κ1) is 72.6. The van der Waals surface area contributed by atoms with E-state index >= 15 is 0 Å². The number of guanidine groups is 1. The van der Waals surface area contributed by atoms with E-state index in [1.807, 2.05) is 37.3 Å². The van der Waals surface area contributed by atoms with Crippen LogP contribution in [0.3, 0.4) is 0 Å². The fraction of sp³-hybridized carbons (Fsp3) is 0.679. The van der Waals surface area contributed by atoms with E-state index in [0.717, 1.165) is 5.56 Å². The lowest BCUT2D eigenvalue weighted by Gasteiger charge is -2.31. The van der Waals surface area contributed by atoms with Gasteiger partial charge in [0, 0.05) is 6.54 Å². The van der Waals surface area contributed by atoms with Gasteiger partial charge in [-0.3, -0.25) is 53.4 Å². The summed E-state index contributed by atoms with van der Waals surface area (Å²) in [5, 5.41) is 59.2. The summed E-state index contributed by atoms with van der Waals surface area (Å²) in [7, 11) is 1.62. The summed E-state index contributed by atoms with van der Waals surface area (Å²) >= 11 is 0. The molecule has 2 rings (SSSR count). The summed E-state index contributed by atoms with van der Waals surface area (Å²) in [5.41, 5.74) is 6.25. The number of hydrogen-bond acceptors (Lipinski definition) is 16. The van der Waals surface area contributed by atoms with Gasteiger partial charge in [-0.05, 0) is 76.3 Å².